The molecule has 90 valence electrons. The summed E-state index contributed by atoms with van der Waals surface area (Å²) in [6.45, 7) is 8.79. The molecule has 0 aliphatic rings. The van der Waals surface area contributed by atoms with E-state index in [4.69, 9.17) is 0 Å². The summed E-state index contributed by atoms with van der Waals surface area (Å²) in [6.07, 6.45) is 5.39. The van der Waals surface area contributed by atoms with E-state index in [0.717, 1.165) is 31.8 Å². The van der Waals surface area contributed by atoms with E-state index >= 15 is 0 Å². The summed E-state index contributed by atoms with van der Waals surface area (Å²) < 4.78 is 0. The van der Waals surface area contributed by atoms with Gasteiger partial charge in [-0.15, -0.1) is 0 Å². The van der Waals surface area contributed by atoms with Crippen LogP contribution in [0.15, 0.2) is 18.3 Å². The summed E-state index contributed by atoms with van der Waals surface area (Å²) >= 11 is 0. The van der Waals surface area contributed by atoms with Crippen LogP contribution < -0.4 is 5.32 Å². The standard InChI is InChI=1S/C14H24N2/c1-4-13-7-9-14(16-11-13)8-6-12(3)10-15-5-2/h7,9,11-12,15H,4-6,8,10H2,1-3H3. The fourth-order valence-electron chi connectivity index (χ4n) is 1.70. The molecule has 0 aliphatic carbocycles. The van der Waals surface area contributed by atoms with Gasteiger partial charge in [-0.3, -0.25) is 4.98 Å². The van der Waals surface area contributed by atoms with Crippen LogP contribution in [-0.2, 0) is 12.8 Å². The Morgan fingerprint density at radius 2 is 2.12 bits per heavy atom. The zero-order valence-electron chi connectivity index (χ0n) is 10.8. The maximum Gasteiger partial charge on any atom is 0.0403 e. The molecule has 1 heterocycles. The second-order valence-electron chi connectivity index (χ2n) is 4.46. The number of hydrogen-bond acceptors (Lipinski definition) is 2. The smallest absolute Gasteiger partial charge is 0.0403 e. The van der Waals surface area contributed by atoms with Crippen molar-refractivity contribution < 1.29 is 0 Å². The predicted molar refractivity (Wildman–Crippen MR) is 69.6 cm³/mol. The Balaban J connectivity index is 2.30. The van der Waals surface area contributed by atoms with Crippen LogP contribution in [0.4, 0.5) is 0 Å². The second kappa shape index (κ2) is 7.39. The first kappa shape index (κ1) is 13.2. The molecule has 1 aromatic heterocycles. The summed E-state index contributed by atoms with van der Waals surface area (Å²) in [5.74, 6) is 0.729. The van der Waals surface area contributed by atoms with Crippen molar-refractivity contribution in [1.29, 1.82) is 0 Å². The van der Waals surface area contributed by atoms with Gasteiger partial charge >= 0.3 is 0 Å². The molecule has 0 amide bonds. The predicted octanol–water partition coefficient (Wildman–Crippen LogP) is 2.82. The Bertz CT molecular complexity index is 279. The Hall–Kier alpha value is -0.890. The highest BCUT2D eigenvalue weighted by Crippen LogP contribution is 2.08. The minimum atomic E-state index is 0.729. The third-order valence-electron chi connectivity index (χ3n) is 2.93. The van der Waals surface area contributed by atoms with Crippen LogP contribution in [0, 0.1) is 5.92 Å². The molecule has 1 unspecified atom stereocenters. The number of nitrogens with zero attached hydrogens (tertiary/aromatic N) is 1. The van der Waals surface area contributed by atoms with Crippen molar-refractivity contribution in [2.45, 2.75) is 40.0 Å². The van der Waals surface area contributed by atoms with Crippen LogP contribution in [0.5, 0.6) is 0 Å². The molecule has 2 heteroatoms. The van der Waals surface area contributed by atoms with Gasteiger partial charge in [0, 0.05) is 11.9 Å². The van der Waals surface area contributed by atoms with E-state index in [1.165, 1.54) is 17.7 Å². The minimum Gasteiger partial charge on any atom is -0.317 e. The molecule has 0 aliphatic heterocycles. The summed E-state index contributed by atoms with van der Waals surface area (Å²) in [6, 6.07) is 4.36. The van der Waals surface area contributed by atoms with Crippen molar-refractivity contribution in [3.05, 3.63) is 29.6 Å². The van der Waals surface area contributed by atoms with E-state index in [1.807, 2.05) is 6.20 Å². The van der Waals surface area contributed by atoms with Gasteiger partial charge in [-0.25, -0.2) is 0 Å². The van der Waals surface area contributed by atoms with Crippen LogP contribution in [0.3, 0.4) is 0 Å². The van der Waals surface area contributed by atoms with E-state index in [1.54, 1.807) is 0 Å². The monoisotopic (exact) mass is 220 g/mol. The summed E-state index contributed by atoms with van der Waals surface area (Å²) in [5, 5.41) is 3.38. The number of nitrogens with one attached hydrogen (secondary N) is 1. The summed E-state index contributed by atoms with van der Waals surface area (Å²) in [7, 11) is 0. The van der Waals surface area contributed by atoms with Crippen LogP contribution in [0.1, 0.15) is 38.4 Å². The van der Waals surface area contributed by atoms with E-state index in [9.17, 15) is 0 Å². The molecule has 0 saturated carbocycles. The van der Waals surface area contributed by atoms with Crippen molar-refractivity contribution >= 4 is 0 Å². The quantitative estimate of drug-likeness (QED) is 0.764. The lowest BCUT2D eigenvalue weighted by Crippen LogP contribution is -2.20. The van der Waals surface area contributed by atoms with Crippen molar-refractivity contribution in [2.24, 2.45) is 5.92 Å². The van der Waals surface area contributed by atoms with Crippen LogP contribution in [-0.4, -0.2) is 18.1 Å². The third kappa shape index (κ3) is 4.75. The summed E-state index contributed by atoms with van der Waals surface area (Å²) in [4.78, 5) is 4.48. The SMILES string of the molecule is CCNCC(C)CCc1ccc(CC)cn1. The van der Waals surface area contributed by atoms with Gasteiger partial charge in [0.05, 0.1) is 0 Å². The molecular weight excluding hydrogens is 196 g/mol. The minimum absolute atomic E-state index is 0.729. The molecule has 0 radical (unpaired) electrons. The molecule has 16 heavy (non-hydrogen) atoms. The van der Waals surface area contributed by atoms with Gasteiger partial charge in [0.2, 0.25) is 0 Å². The number of hydrogen-bond donors (Lipinski definition) is 1. The number of aryl methyl sites for hydroxylation is 2. The van der Waals surface area contributed by atoms with Gasteiger partial charge in [-0.05, 0) is 49.9 Å². The topological polar surface area (TPSA) is 24.9 Å². The average molecular weight is 220 g/mol. The average Bonchev–Trinajstić information content (AvgIpc) is 2.34. The zero-order valence-corrected chi connectivity index (χ0v) is 10.8. The lowest BCUT2D eigenvalue weighted by Gasteiger charge is -2.11. The van der Waals surface area contributed by atoms with Crippen LogP contribution in [0.2, 0.25) is 0 Å². The molecule has 1 N–H and O–H groups in total. The molecule has 1 rings (SSSR count). The summed E-state index contributed by atoms with van der Waals surface area (Å²) in [5.41, 5.74) is 2.55. The van der Waals surface area contributed by atoms with E-state index in [-0.39, 0.29) is 0 Å². The molecule has 0 aromatic carbocycles. The molecule has 1 atom stereocenters. The molecule has 0 spiro atoms. The Morgan fingerprint density at radius 1 is 1.31 bits per heavy atom. The van der Waals surface area contributed by atoms with Gasteiger partial charge in [0.15, 0.2) is 0 Å². The maximum atomic E-state index is 4.48. The van der Waals surface area contributed by atoms with Crippen molar-refractivity contribution in [1.82, 2.24) is 10.3 Å². The zero-order chi connectivity index (χ0) is 11.8. The number of pyridine rings is 1. The highest BCUT2D eigenvalue weighted by Gasteiger charge is 2.02. The number of rotatable bonds is 7. The second-order valence-corrected chi connectivity index (χ2v) is 4.46. The molecule has 2 nitrogen and oxygen atoms in total. The largest absolute Gasteiger partial charge is 0.317 e. The Kier molecular flexibility index (Phi) is 6.09. The van der Waals surface area contributed by atoms with Crippen molar-refractivity contribution in [3.63, 3.8) is 0 Å². The third-order valence-corrected chi connectivity index (χ3v) is 2.93. The molecule has 0 fully saturated rings. The van der Waals surface area contributed by atoms with Gasteiger partial charge < -0.3 is 5.32 Å². The normalized spacial score (nSPS) is 12.7. The molecular formula is C14H24N2. The Morgan fingerprint density at radius 3 is 2.69 bits per heavy atom. The van der Waals surface area contributed by atoms with E-state index in [2.05, 4.69) is 43.2 Å². The molecule has 1 aromatic rings. The first-order valence-electron chi connectivity index (χ1n) is 6.40. The van der Waals surface area contributed by atoms with Gasteiger partial charge in [0.25, 0.3) is 0 Å². The first-order valence-corrected chi connectivity index (χ1v) is 6.40. The lowest BCUT2D eigenvalue weighted by molar-refractivity contribution is 0.487. The van der Waals surface area contributed by atoms with E-state index in [0.29, 0.717) is 0 Å². The highest BCUT2D eigenvalue weighted by molar-refractivity contribution is 5.13. The van der Waals surface area contributed by atoms with Gasteiger partial charge in [-0.2, -0.15) is 0 Å². The fraction of sp³-hybridized carbons (Fsp3) is 0.643. The van der Waals surface area contributed by atoms with Crippen molar-refractivity contribution in [2.75, 3.05) is 13.1 Å². The highest BCUT2D eigenvalue weighted by atomic mass is 14.8. The first-order chi connectivity index (χ1) is 7.76. The fourth-order valence-corrected chi connectivity index (χ4v) is 1.70. The lowest BCUT2D eigenvalue weighted by atomic mass is 10.0. The van der Waals surface area contributed by atoms with Gasteiger partial charge in [0.1, 0.15) is 0 Å². The Labute approximate surface area is 99.5 Å². The van der Waals surface area contributed by atoms with Crippen LogP contribution >= 0.6 is 0 Å². The molecule has 0 saturated heterocycles. The van der Waals surface area contributed by atoms with E-state index < -0.39 is 0 Å². The number of aromatic nitrogens is 1. The molecule has 0 bridgehead atoms. The van der Waals surface area contributed by atoms with Crippen molar-refractivity contribution in [3.8, 4) is 0 Å². The maximum absolute atomic E-state index is 4.48. The van der Waals surface area contributed by atoms with Crippen LogP contribution in [0.25, 0.3) is 0 Å². The van der Waals surface area contributed by atoms with Gasteiger partial charge in [-0.1, -0.05) is 26.8 Å².